The summed E-state index contributed by atoms with van der Waals surface area (Å²) in [5, 5.41) is 2.37. The molecule has 3 aliphatic carbocycles. The van der Waals surface area contributed by atoms with E-state index in [9.17, 15) is 0 Å². The van der Waals surface area contributed by atoms with E-state index in [0.29, 0.717) is 0 Å². The standard InChI is InChI=1S/C57H38N2/c1-2-12-37(13-3-1)39-22-27-41(28-23-39)54-36-55(59-56(58-54)45-31-26-38-14-4-5-15-43(38)34-45)42-29-24-40(25-30-42)44-32-33-49-48-18-8-11-21-52(48)57(53(49)35-44)50-19-9-6-16-46(50)47-17-7-10-20-51(47)57/h2,4-36H,1,3H2. The van der Waals surface area contributed by atoms with Gasteiger partial charge in [-0.2, -0.15) is 0 Å². The molecule has 0 saturated heterocycles. The molecule has 0 saturated carbocycles. The van der Waals surface area contributed by atoms with Crippen LogP contribution >= 0.6 is 0 Å². The van der Waals surface area contributed by atoms with E-state index in [0.717, 1.165) is 46.7 Å². The first-order valence-corrected chi connectivity index (χ1v) is 20.6. The highest BCUT2D eigenvalue weighted by atomic mass is 14.9. The summed E-state index contributed by atoms with van der Waals surface area (Å²) in [7, 11) is 0. The van der Waals surface area contributed by atoms with Crippen LogP contribution in [0.1, 0.15) is 40.7 Å². The van der Waals surface area contributed by atoms with E-state index < -0.39 is 0 Å². The molecule has 12 rings (SSSR count). The van der Waals surface area contributed by atoms with E-state index in [-0.39, 0.29) is 5.41 Å². The highest BCUT2D eigenvalue weighted by Gasteiger charge is 2.51. The van der Waals surface area contributed by atoms with Crippen LogP contribution in [-0.4, -0.2) is 9.97 Å². The highest BCUT2D eigenvalue weighted by Crippen LogP contribution is 2.63. The molecular weight excluding hydrogens is 713 g/mol. The van der Waals surface area contributed by atoms with Crippen LogP contribution in [0, 0.1) is 0 Å². The van der Waals surface area contributed by atoms with Gasteiger partial charge in [0.2, 0.25) is 0 Å². The van der Waals surface area contributed by atoms with Gasteiger partial charge < -0.3 is 0 Å². The highest BCUT2D eigenvalue weighted by molar-refractivity contribution is 5.96. The zero-order chi connectivity index (χ0) is 38.9. The number of benzene rings is 8. The largest absolute Gasteiger partial charge is 0.228 e. The maximum atomic E-state index is 5.23. The fourth-order valence-corrected chi connectivity index (χ4v) is 9.97. The van der Waals surface area contributed by atoms with Crippen LogP contribution in [0.5, 0.6) is 0 Å². The number of allylic oxidation sites excluding steroid dienone is 4. The zero-order valence-electron chi connectivity index (χ0n) is 32.4. The van der Waals surface area contributed by atoms with Crippen molar-refractivity contribution in [3.63, 3.8) is 0 Å². The van der Waals surface area contributed by atoms with Crippen LogP contribution in [-0.2, 0) is 5.41 Å². The Hall–Kier alpha value is -7.42. The molecule has 8 aromatic carbocycles. The second kappa shape index (κ2) is 13.3. The van der Waals surface area contributed by atoms with Crippen LogP contribution < -0.4 is 0 Å². The molecule has 0 fully saturated rings. The van der Waals surface area contributed by atoms with Gasteiger partial charge in [-0.15, -0.1) is 0 Å². The first-order chi connectivity index (χ1) is 29.2. The molecule has 0 N–H and O–H groups in total. The monoisotopic (exact) mass is 750 g/mol. The molecule has 2 heteroatoms. The first kappa shape index (κ1) is 33.7. The molecule has 276 valence electrons. The number of nitrogens with zero attached hydrogens (tertiary/aromatic N) is 2. The van der Waals surface area contributed by atoms with E-state index in [4.69, 9.17) is 9.97 Å². The van der Waals surface area contributed by atoms with Crippen LogP contribution in [0.15, 0.2) is 206 Å². The van der Waals surface area contributed by atoms with Crippen molar-refractivity contribution in [2.75, 3.05) is 0 Å². The Bertz CT molecular complexity index is 3140. The summed E-state index contributed by atoms with van der Waals surface area (Å²) in [6.45, 7) is 0. The van der Waals surface area contributed by atoms with Crippen molar-refractivity contribution >= 4 is 16.3 Å². The van der Waals surface area contributed by atoms with E-state index in [1.807, 2.05) is 0 Å². The maximum Gasteiger partial charge on any atom is 0.160 e. The van der Waals surface area contributed by atoms with Gasteiger partial charge in [-0.25, -0.2) is 9.97 Å². The van der Waals surface area contributed by atoms with Gasteiger partial charge in [0.15, 0.2) is 5.82 Å². The van der Waals surface area contributed by atoms with Crippen molar-refractivity contribution in [2.45, 2.75) is 18.3 Å². The molecule has 1 heterocycles. The molecule has 9 aromatic rings. The summed E-state index contributed by atoms with van der Waals surface area (Å²) in [6.07, 6.45) is 9.01. The Morgan fingerprint density at radius 3 is 1.47 bits per heavy atom. The van der Waals surface area contributed by atoms with E-state index in [2.05, 4.69) is 206 Å². The minimum atomic E-state index is -0.367. The molecule has 2 nitrogen and oxygen atoms in total. The average molecular weight is 751 g/mol. The molecule has 3 aliphatic rings. The topological polar surface area (TPSA) is 25.8 Å². The molecule has 1 spiro atoms. The van der Waals surface area contributed by atoms with E-state index >= 15 is 0 Å². The van der Waals surface area contributed by atoms with Crippen molar-refractivity contribution in [1.82, 2.24) is 9.97 Å². The fraction of sp³-hybridized carbons (Fsp3) is 0.0526. The minimum absolute atomic E-state index is 0.367. The van der Waals surface area contributed by atoms with Crippen molar-refractivity contribution in [2.24, 2.45) is 0 Å². The van der Waals surface area contributed by atoms with Gasteiger partial charge in [-0.3, -0.25) is 0 Å². The van der Waals surface area contributed by atoms with Crippen molar-refractivity contribution in [3.05, 3.63) is 234 Å². The van der Waals surface area contributed by atoms with Crippen molar-refractivity contribution < 1.29 is 0 Å². The van der Waals surface area contributed by atoms with Gasteiger partial charge in [0.25, 0.3) is 0 Å². The SMILES string of the molecule is C1=CC(c2ccc(-c3cc(-c4ccc(-c5ccc6c(c5)C5(c7ccccc7-c7ccccc75)c5ccccc5-6)cc4)nc(-c4ccc5ccccc5c4)n3)cc2)=CCC1. The second-order valence-corrected chi connectivity index (χ2v) is 16.0. The first-order valence-electron chi connectivity index (χ1n) is 20.6. The Morgan fingerprint density at radius 2 is 0.864 bits per heavy atom. The molecule has 0 bridgehead atoms. The summed E-state index contributed by atoms with van der Waals surface area (Å²) in [6, 6.07) is 68.9. The molecule has 59 heavy (non-hydrogen) atoms. The Labute approximate surface area is 344 Å². The van der Waals surface area contributed by atoms with Crippen molar-refractivity contribution in [3.8, 4) is 67.3 Å². The lowest BCUT2D eigenvalue weighted by Crippen LogP contribution is -2.25. The van der Waals surface area contributed by atoms with E-state index in [1.54, 1.807) is 0 Å². The number of hydrogen-bond acceptors (Lipinski definition) is 2. The summed E-state index contributed by atoms with van der Waals surface area (Å²) in [4.78, 5) is 10.4. The van der Waals surface area contributed by atoms with Crippen LogP contribution in [0.4, 0.5) is 0 Å². The van der Waals surface area contributed by atoms with E-state index in [1.165, 1.54) is 77.5 Å². The fourth-order valence-electron chi connectivity index (χ4n) is 9.97. The Morgan fingerprint density at radius 1 is 0.356 bits per heavy atom. The van der Waals surface area contributed by atoms with Gasteiger partial charge >= 0.3 is 0 Å². The summed E-state index contributed by atoms with van der Waals surface area (Å²) < 4.78 is 0. The average Bonchev–Trinajstić information content (AvgIpc) is 3.79. The molecule has 0 unspecified atom stereocenters. The molecular formula is C57H38N2. The third-order valence-electron chi connectivity index (χ3n) is 12.8. The lowest BCUT2D eigenvalue weighted by Gasteiger charge is -2.30. The smallest absolute Gasteiger partial charge is 0.160 e. The third-order valence-corrected chi connectivity index (χ3v) is 12.8. The van der Waals surface area contributed by atoms with Crippen LogP contribution in [0.25, 0.3) is 83.6 Å². The van der Waals surface area contributed by atoms with Gasteiger partial charge in [0, 0.05) is 16.7 Å². The van der Waals surface area contributed by atoms with Crippen LogP contribution in [0.3, 0.4) is 0 Å². The predicted octanol–water partition coefficient (Wildman–Crippen LogP) is 14.4. The van der Waals surface area contributed by atoms with Gasteiger partial charge in [0.05, 0.1) is 16.8 Å². The van der Waals surface area contributed by atoms with Crippen molar-refractivity contribution in [1.29, 1.82) is 0 Å². The normalized spacial score (nSPS) is 14.1. The number of fused-ring (bicyclic) bond motifs is 11. The third kappa shape index (κ3) is 5.26. The molecule has 1 aromatic heterocycles. The lowest BCUT2D eigenvalue weighted by atomic mass is 9.70. The Kier molecular flexibility index (Phi) is 7.61. The maximum absolute atomic E-state index is 5.23. The molecule has 0 aliphatic heterocycles. The predicted molar refractivity (Wildman–Crippen MR) is 244 cm³/mol. The molecule has 0 radical (unpaired) electrons. The lowest BCUT2D eigenvalue weighted by molar-refractivity contribution is 0.794. The zero-order valence-corrected chi connectivity index (χ0v) is 32.4. The molecule has 0 amide bonds. The quantitative estimate of drug-likeness (QED) is 0.175. The van der Waals surface area contributed by atoms with Gasteiger partial charge in [-0.1, -0.05) is 188 Å². The summed E-state index contributed by atoms with van der Waals surface area (Å²) in [5.41, 5.74) is 20.1. The van der Waals surface area contributed by atoms with Crippen LogP contribution in [0.2, 0.25) is 0 Å². The van der Waals surface area contributed by atoms with Gasteiger partial charge in [-0.05, 0) is 109 Å². The summed E-state index contributed by atoms with van der Waals surface area (Å²) in [5.74, 6) is 0.718. The number of rotatable bonds is 5. The molecule has 0 atom stereocenters. The van der Waals surface area contributed by atoms with Gasteiger partial charge in [0.1, 0.15) is 0 Å². The Balaban J connectivity index is 0.960. The number of aromatic nitrogens is 2. The minimum Gasteiger partial charge on any atom is -0.228 e. The second-order valence-electron chi connectivity index (χ2n) is 16.0. The summed E-state index contributed by atoms with van der Waals surface area (Å²) >= 11 is 0. The number of hydrogen-bond donors (Lipinski definition) is 0.